The Morgan fingerprint density at radius 1 is 0.951 bits per heavy atom. The van der Waals surface area contributed by atoms with Gasteiger partial charge in [-0.15, -0.1) is 0 Å². The smallest absolute Gasteiger partial charge is 0.351 e. The van der Waals surface area contributed by atoms with E-state index in [1.54, 1.807) is 12.2 Å². The van der Waals surface area contributed by atoms with Gasteiger partial charge in [0.25, 0.3) is 5.60 Å². The molecule has 2 aromatic carbocycles. The molecule has 2 bridgehead atoms. The van der Waals surface area contributed by atoms with Crippen molar-refractivity contribution in [2.75, 3.05) is 6.61 Å². The normalized spacial score (nSPS) is 35.6. The number of hydrogen-bond acceptors (Lipinski definition) is 20. The Balaban J connectivity index is 1.30. The lowest BCUT2D eigenvalue weighted by molar-refractivity contribution is -0.367. The number of carboxylic acid groups (broad SMARTS) is 1. The van der Waals surface area contributed by atoms with Crippen LogP contribution in [0.25, 0.3) is 22.3 Å². The van der Waals surface area contributed by atoms with Gasteiger partial charge in [0, 0.05) is 54.0 Å². The van der Waals surface area contributed by atoms with Crippen LogP contribution in [0.5, 0.6) is 23.0 Å². The van der Waals surface area contributed by atoms with Gasteiger partial charge in [0.2, 0.25) is 17.7 Å². The molecule has 14 N–H and O–H groups in total. The summed E-state index contributed by atoms with van der Waals surface area (Å²) >= 11 is 0. The fourth-order valence-corrected chi connectivity index (χ4v) is 8.42. The molecule has 6 heterocycles. The van der Waals surface area contributed by atoms with Gasteiger partial charge in [0.05, 0.1) is 12.6 Å². The van der Waals surface area contributed by atoms with Gasteiger partial charge < -0.3 is 90.6 Å². The predicted molar refractivity (Wildman–Crippen MR) is 201 cm³/mol. The number of carbonyl (C=O) groups is 2. The van der Waals surface area contributed by atoms with Crippen LogP contribution in [0.3, 0.4) is 0 Å². The molecular formula is C40H40N2O19. The number of aliphatic hydroxyl groups is 7. The highest BCUT2D eigenvalue weighted by Crippen LogP contribution is 2.53. The molecule has 2 spiro atoms. The molecule has 3 aromatic rings. The third kappa shape index (κ3) is 6.47. The lowest BCUT2D eigenvalue weighted by Gasteiger charge is -2.52. The topological polar surface area (TPSA) is 362 Å². The average Bonchev–Trinajstić information content (AvgIpc) is 3.35. The number of esters is 1. The molecule has 2 fully saturated rings. The monoisotopic (exact) mass is 852 g/mol. The number of nitrogens with one attached hydrogen (secondary N) is 1. The molecule has 12 atom stereocenters. The van der Waals surface area contributed by atoms with E-state index in [-0.39, 0.29) is 52.0 Å². The molecule has 5 aliphatic rings. The Bertz CT molecular complexity index is 2510. The standard InChI is InChI=1S/C40H40N2O19/c41-24-3-2-16(14-42-24)18-4-8-40(59-23-13-22-26(28(47)25(18)23)19(44)12-21(57-22)17-10-15(5-9-43)27(46)20(45)11-17)34(53)31(50)33(52)39(61-40)7-1-6-38(36(54)55)32(51)29(48)30(49)35(60-38)58-37(39)56/h2-3,10-14,18,24,29-35,42-43,45-53H,4-5,7-9,41H2,(H,54,55). The summed E-state index contributed by atoms with van der Waals surface area (Å²) in [5.74, 6) is -4.95. The Labute approximate surface area is 342 Å². The van der Waals surface area contributed by atoms with Crippen molar-refractivity contribution in [2.45, 2.75) is 97.7 Å². The number of aliphatic carboxylic acids is 1. The summed E-state index contributed by atoms with van der Waals surface area (Å²) < 4.78 is 29.4. The molecule has 21 heteroatoms. The van der Waals surface area contributed by atoms with Crippen molar-refractivity contribution in [3.8, 4) is 46.2 Å². The predicted octanol–water partition coefficient (Wildman–Crippen LogP) is -2.54. The Hall–Kier alpha value is -5.77. The van der Waals surface area contributed by atoms with Crippen molar-refractivity contribution in [1.82, 2.24) is 5.32 Å². The summed E-state index contributed by atoms with van der Waals surface area (Å²) in [6.45, 7) is -0.400. The van der Waals surface area contributed by atoms with Crippen LogP contribution in [-0.4, -0.2) is 141 Å². The molecule has 0 saturated carbocycles. The van der Waals surface area contributed by atoms with Crippen LogP contribution < -0.4 is 21.2 Å². The third-order valence-corrected chi connectivity index (χ3v) is 11.7. The maximum absolute atomic E-state index is 14.2. The van der Waals surface area contributed by atoms with E-state index >= 15 is 0 Å². The second-order valence-electron chi connectivity index (χ2n) is 15.4. The Morgan fingerprint density at radius 3 is 2.39 bits per heavy atom. The fraction of sp³-hybridized carbons (Fsp3) is 0.425. The van der Waals surface area contributed by atoms with Crippen LogP contribution in [0, 0.1) is 11.8 Å². The highest BCUT2D eigenvalue weighted by Gasteiger charge is 2.68. The highest BCUT2D eigenvalue weighted by atomic mass is 16.8. The summed E-state index contributed by atoms with van der Waals surface area (Å²) in [4.78, 5) is 40.5. The first-order chi connectivity index (χ1) is 28.9. The zero-order chi connectivity index (χ0) is 43.9. The van der Waals surface area contributed by atoms with Gasteiger partial charge in [-0.3, -0.25) is 4.79 Å². The minimum absolute atomic E-state index is 0.0657. The SMILES string of the molecule is NC1C=CC(C2CCC3(Oc4cc5oc(-c6cc(O)c(O)c(CCO)c6)cc(=O)c5c(O)c42)OC2(CC#CC4(C(=O)O)OC(OC2=O)C(O)C(O)C4O)C(O)C(O)C3O)=CN1. The first-order valence-corrected chi connectivity index (χ1v) is 18.9. The molecule has 0 radical (unpaired) electrons. The van der Waals surface area contributed by atoms with Crippen LogP contribution in [0.4, 0.5) is 0 Å². The largest absolute Gasteiger partial charge is 0.507 e. The van der Waals surface area contributed by atoms with E-state index < -0.39 is 126 Å². The lowest BCUT2D eigenvalue weighted by atomic mass is 9.78. The number of phenols is 3. The van der Waals surface area contributed by atoms with E-state index in [4.69, 9.17) is 29.1 Å². The van der Waals surface area contributed by atoms with Gasteiger partial charge in [-0.2, -0.15) is 0 Å². The number of nitrogens with two attached hydrogens (primary N) is 1. The Morgan fingerprint density at radius 2 is 1.70 bits per heavy atom. The molecule has 61 heavy (non-hydrogen) atoms. The molecule has 2 saturated heterocycles. The van der Waals surface area contributed by atoms with Crippen LogP contribution in [0.2, 0.25) is 0 Å². The van der Waals surface area contributed by atoms with Gasteiger partial charge in [-0.1, -0.05) is 17.9 Å². The molecule has 21 nitrogen and oxygen atoms in total. The number of aliphatic hydroxyl groups excluding tert-OH is 7. The fourth-order valence-electron chi connectivity index (χ4n) is 8.42. The van der Waals surface area contributed by atoms with Gasteiger partial charge in [0.15, 0.2) is 16.9 Å². The van der Waals surface area contributed by atoms with Crippen molar-refractivity contribution in [2.24, 2.45) is 5.73 Å². The van der Waals surface area contributed by atoms with Crippen molar-refractivity contribution < 1.29 is 89.1 Å². The summed E-state index contributed by atoms with van der Waals surface area (Å²) in [5, 5.41) is 122. The first kappa shape index (κ1) is 41.9. The van der Waals surface area contributed by atoms with E-state index in [9.17, 15) is 70.6 Å². The molecule has 0 amide bonds. The van der Waals surface area contributed by atoms with Gasteiger partial charge in [0.1, 0.15) is 64.9 Å². The Kier molecular flexibility index (Phi) is 10.3. The number of fused-ring (bicyclic) bond motifs is 4. The van der Waals surface area contributed by atoms with E-state index in [0.717, 1.165) is 18.2 Å². The zero-order valence-electron chi connectivity index (χ0n) is 31.5. The van der Waals surface area contributed by atoms with E-state index in [2.05, 4.69) is 17.2 Å². The van der Waals surface area contributed by atoms with Crippen LogP contribution in [0.1, 0.15) is 36.3 Å². The highest BCUT2D eigenvalue weighted by molar-refractivity contribution is 5.89. The van der Waals surface area contributed by atoms with E-state index in [1.165, 1.54) is 12.3 Å². The quantitative estimate of drug-likeness (QED) is 0.0714. The van der Waals surface area contributed by atoms with Crippen LogP contribution in [-0.2, 0) is 30.2 Å². The molecule has 324 valence electrons. The summed E-state index contributed by atoms with van der Waals surface area (Å²) in [7, 11) is 0. The number of phenolic OH excluding ortho intramolecular Hbond substituents is 3. The number of aromatic hydroxyl groups is 3. The van der Waals surface area contributed by atoms with Crippen molar-refractivity contribution >= 4 is 22.9 Å². The third-order valence-electron chi connectivity index (χ3n) is 11.7. The second-order valence-corrected chi connectivity index (χ2v) is 15.4. The molecule has 8 rings (SSSR count). The molecule has 1 aromatic heterocycles. The maximum atomic E-state index is 14.2. The first-order valence-electron chi connectivity index (χ1n) is 18.9. The van der Waals surface area contributed by atoms with Crippen molar-refractivity contribution in [3.05, 3.63) is 69.5 Å². The van der Waals surface area contributed by atoms with E-state index in [0.29, 0.717) is 5.57 Å². The number of benzene rings is 2. The molecule has 12 unspecified atom stereocenters. The molecular weight excluding hydrogens is 812 g/mol. The zero-order valence-corrected chi connectivity index (χ0v) is 31.5. The number of carbonyl (C=O) groups excluding carboxylic acids is 1. The minimum atomic E-state index is -2.98. The number of allylic oxidation sites excluding steroid dienone is 2. The maximum Gasteiger partial charge on any atom is 0.351 e. The summed E-state index contributed by atoms with van der Waals surface area (Å²) in [5.41, 5.74) is -0.409. The second kappa shape index (κ2) is 15.0. The molecule has 0 aliphatic carbocycles. The van der Waals surface area contributed by atoms with Crippen LogP contribution in [0.15, 0.2) is 57.4 Å². The van der Waals surface area contributed by atoms with Crippen molar-refractivity contribution in [3.63, 3.8) is 0 Å². The number of rotatable bonds is 5. The van der Waals surface area contributed by atoms with Gasteiger partial charge in [-0.05, 0) is 36.6 Å². The summed E-state index contributed by atoms with van der Waals surface area (Å²) in [6, 6.07) is 4.64. The number of carboxylic acids is 1. The van der Waals surface area contributed by atoms with Gasteiger partial charge >= 0.3 is 11.9 Å². The van der Waals surface area contributed by atoms with E-state index in [1.807, 2.05) is 0 Å². The number of dihydropyridines is 1. The minimum Gasteiger partial charge on any atom is -0.507 e. The average molecular weight is 853 g/mol. The van der Waals surface area contributed by atoms with Gasteiger partial charge in [-0.25, -0.2) is 9.59 Å². The number of hydrogen-bond donors (Lipinski definition) is 13. The van der Waals surface area contributed by atoms with Crippen LogP contribution >= 0.6 is 0 Å². The lowest BCUT2D eigenvalue weighted by Crippen LogP contribution is -2.74. The van der Waals surface area contributed by atoms with Crippen molar-refractivity contribution in [1.29, 1.82) is 0 Å². The molecule has 5 aliphatic heterocycles. The summed E-state index contributed by atoms with van der Waals surface area (Å²) in [6.07, 6.45) is -13.9. The number of ether oxygens (including phenoxy) is 4.